The molecule has 2 aromatic heterocycles. The molecule has 0 saturated heterocycles. The van der Waals surface area contributed by atoms with Crippen molar-refractivity contribution in [2.24, 2.45) is 0 Å². The van der Waals surface area contributed by atoms with Crippen LogP contribution in [0.3, 0.4) is 0 Å². The van der Waals surface area contributed by atoms with Crippen molar-refractivity contribution in [3.63, 3.8) is 0 Å². The highest BCUT2D eigenvalue weighted by Crippen LogP contribution is 2.37. The second-order valence-electron chi connectivity index (χ2n) is 6.82. The van der Waals surface area contributed by atoms with Gasteiger partial charge in [0.15, 0.2) is 9.84 Å². The van der Waals surface area contributed by atoms with E-state index in [2.05, 4.69) is 9.97 Å². The zero-order chi connectivity index (χ0) is 18.4. The van der Waals surface area contributed by atoms with Crippen molar-refractivity contribution in [1.82, 2.24) is 9.97 Å². The summed E-state index contributed by atoms with van der Waals surface area (Å²) in [6, 6.07) is 1.69. The molecule has 1 aliphatic rings. The number of fused-ring (bicyclic) bond motifs is 1. The Labute approximate surface area is 152 Å². The molecule has 2 aromatic rings. The van der Waals surface area contributed by atoms with E-state index in [9.17, 15) is 13.5 Å². The summed E-state index contributed by atoms with van der Waals surface area (Å²) in [5, 5.41) is 12.0. The molecule has 1 fully saturated rings. The lowest BCUT2D eigenvalue weighted by atomic mass is 9.91. The van der Waals surface area contributed by atoms with Gasteiger partial charge >= 0.3 is 0 Å². The van der Waals surface area contributed by atoms with Crippen molar-refractivity contribution in [2.45, 2.75) is 50.1 Å². The number of hydrogen-bond donors (Lipinski definition) is 1. The van der Waals surface area contributed by atoms with Gasteiger partial charge in [-0.15, -0.1) is 0 Å². The van der Waals surface area contributed by atoms with Crippen LogP contribution in [-0.2, 0) is 15.4 Å². The van der Waals surface area contributed by atoms with Gasteiger partial charge in [0, 0.05) is 37.1 Å². The maximum atomic E-state index is 11.5. The topological polar surface area (TPSA) is 89.4 Å². The lowest BCUT2D eigenvalue weighted by Gasteiger charge is -2.34. The van der Waals surface area contributed by atoms with Gasteiger partial charge < -0.3 is 9.84 Å². The van der Waals surface area contributed by atoms with Gasteiger partial charge in [-0.3, -0.25) is 0 Å². The van der Waals surface area contributed by atoms with E-state index in [1.165, 1.54) is 6.26 Å². The van der Waals surface area contributed by atoms with Crippen molar-refractivity contribution < 1.29 is 18.3 Å². The lowest BCUT2D eigenvalue weighted by Crippen LogP contribution is -2.42. The molecule has 136 valence electrons. The average molecular weight is 385 g/mol. The zero-order valence-electron chi connectivity index (χ0n) is 14.4. The van der Waals surface area contributed by atoms with Crippen LogP contribution in [0.15, 0.2) is 18.5 Å². The Kier molecular flexibility index (Phi) is 4.68. The number of halogens is 1. The molecule has 0 bridgehead atoms. The molecule has 0 aromatic carbocycles. The van der Waals surface area contributed by atoms with E-state index in [0.717, 1.165) is 5.39 Å². The first kappa shape index (κ1) is 18.4. The van der Waals surface area contributed by atoms with Crippen LogP contribution in [0.25, 0.3) is 10.8 Å². The highest BCUT2D eigenvalue weighted by atomic mass is 35.5. The highest BCUT2D eigenvalue weighted by Gasteiger charge is 2.38. The van der Waals surface area contributed by atoms with Crippen LogP contribution >= 0.6 is 11.6 Å². The number of ether oxygens (including phenoxy) is 1. The van der Waals surface area contributed by atoms with Crippen LogP contribution < -0.4 is 4.74 Å². The summed E-state index contributed by atoms with van der Waals surface area (Å²) in [6.07, 6.45) is 5.64. The summed E-state index contributed by atoms with van der Waals surface area (Å²) in [5.41, 5.74) is -0.393. The molecule has 1 atom stereocenters. The summed E-state index contributed by atoms with van der Waals surface area (Å²) < 4.78 is 28.9. The molecule has 1 N–H and O–H groups in total. The quantitative estimate of drug-likeness (QED) is 0.797. The molecule has 0 unspecified atom stereocenters. The summed E-state index contributed by atoms with van der Waals surface area (Å²) in [5.74, 6) is 0.381. The zero-order valence-corrected chi connectivity index (χ0v) is 15.9. The van der Waals surface area contributed by atoms with Gasteiger partial charge in [-0.2, -0.15) is 0 Å². The third-order valence-electron chi connectivity index (χ3n) is 4.91. The predicted octanol–water partition coefficient (Wildman–Crippen LogP) is 2.86. The van der Waals surface area contributed by atoms with Crippen molar-refractivity contribution in [3.05, 3.63) is 29.2 Å². The number of hydrogen-bond acceptors (Lipinski definition) is 6. The number of aliphatic hydroxyl groups is 1. The van der Waals surface area contributed by atoms with Crippen molar-refractivity contribution in [1.29, 1.82) is 0 Å². The predicted molar refractivity (Wildman–Crippen MR) is 96.7 cm³/mol. The van der Waals surface area contributed by atoms with E-state index in [0.29, 0.717) is 41.2 Å². The third kappa shape index (κ3) is 3.59. The Balaban J connectivity index is 1.95. The van der Waals surface area contributed by atoms with Crippen LogP contribution in [-0.4, -0.2) is 41.1 Å². The monoisotopic (exact) mass is 384 g/mol. The Hall–Kier alpha value is -1.44. The van der Waals surface area contributed by atoms with Gasteiger partial charge in [0.25, 0.3) is 0 Å². The molecule has 1 aliphatic carbocycles. The number of aromatic nitrogens is 2. The molecule has 0 aliphatic heterocycles. The fourth-order valence-corrected chi connectivity index (χ4v) is 4.21. The lowest BCUT2D eigenvalue weighted by molar-refractivity contribution is 0.0541. The summed E-state index contributed by atoms with van der Waals surface area (Å²) in [7, 11) is -3.03. The van der Waals surface area contributed by atoms with E-state index >= 15 is 0 Å². The minimum Gasteiger partial charge on any atom is -0.474 e. The van der Waals surface area contributed by atoms with E-state index in [4.69, 9.17) is 16.3 Å². The van der Waals surface area contributed by atoms with Crippen LogP contribution in [0.1, 0.15) is 38.7 Å². The molecule has 25 heavy (non-hydrogen) atoms. The fourth-order valence-electron chi connectivity index (χ4n) is 2.92. The Morgan fingerprint density at radius 1 is 1.32 bits per heavy atom. The number of pyridine rings is 2. The maximum absolute atomic E-state index is 11.5. The Bertz CT molecular complexity index is 908. The van der Waals surface area contributed by atoms with Gasteiger partial charge in [0.1, 0.15) is 11.3 Å². The third-order valence-corrected chi connectivity index (χ3v) is 6.71. The van der Waals surface area contributed by atoms with Crippen LogP contribution in [0, 0.1) is 0 Å². The molecule has 3 rings (SSSR count). The molecule has 6 nitrogen and oxygen atoms in total. The normalized spacial score (nSPS) is 23.1. The fraction of sp³-hybridized carbons (Fsp3) is 0.529. The van der Waals surface area contributed by atoms with Crippen LogP contribution in [0.5, 0.6) is 5.88 Å². The van der Waals surface area contributed by atoms with Gasteiger partial charge in [-0.05, 0) is 24.8 Å². The first-order valence-corrected chi connectivity index (χ1v) is 10.5. The average Bonchev–Trinajstić information content (AvgIpc) is 2.48. The number of sulfone groups is 1. The Morgan fingerprint density at radius 3 is 2.60 bits per heavy atom. The molecular formula is C17H21ClN2O4S. The molecule has 0 radical (unpaired) electrons. The van der Waals surface area contributed by atoms with E-state index in [1.807, 2.05) is 6.92 Å². The van der Waals surface area contributed by atoms with Gasteiger partial charge in [0.05, 0.1) is 16.2 Å². The standard InChI is InChI=1S/C17H21ClN2O4S/c1-4-17(2,21)14-9-20-16(13-8-19-15(18)7-12(13)14)24-10-5-11(6-10)25(3,22)23/h7-11,21H,4-6H2,1-3H3/t10?,11?,17-/m1/s1. The van der Waals surface area contributed by atoms with Gasteiger partial charge in [0.2, 0.25) is 5.88 Å². The molecule has 1 saturated carbocycles. The van der Waals surface area contributed by atoms with Crippen molar-refractivity contribution >= 4 is 32.2 Å². The van der Waals surface area contributed by atoms with Gasteiger partial charge in [-0.25, -0.2) is 18.4 Å². The summed E-state index contributed by atoms with van der Waals surface area (Å²) in [6.45, 7) is 3.61. The minimum atomic E-state index is -3.03. The second-order valence-corrected chi connectivity index (χ2v) is 9.53. The smallest absolute Gasteiger partial charge is 0.223 e. The van der Waals surface area contributed by atoms with Gasteiger partial charge in [-0.1, -0.05) is 18.5 Å². The highest BCUT2D eigenvalue weighted by molar-refractivity contribution is 7.91. The first-order valence-electron chi connectivity index (χ1n) is 8.14. The van der Waals surface area contributed by atoms with E-state index < -0.39 is 15.4 Å². The second kappa shape index (κ2) is 6.37. The molecular weight excluding hydrogens is 364 g/mol. The van der Waals surface area contributed by atoms with Crippen LogP contribution in [0.2, 0.25) is 5.15 Å². The Morgan fingerprint density at radius 2 is 2.00 bits per heavy atom. The largest absolute Gasteiger partial charge is 0.474 e. The minimum absolute atomic E-state index is 0.191. The molecule has 2 heterocycles. The molecule has 8 heteroatoms. The van der Waals surface area contributed by atoms with Crippen molar-refractivity contribution in [2.75, 3.05) is 6.26 Å². The SMILES string of the molecule is CC[C@@](C)(O)c1cnc(OC2CC(S(C)(=O)=O)C2)c2cnc(Cl)cc12. The van der Waals surface area contributed by atoms with E-state index in [1.54, 1.807) is 25.4 Å². The van der Waals surface area contributed by atoms with Crippen molar-refractivity contribution in [3.8, 4) is 5.88 Å². The van der Waals surface area contributed by atoms with E-state index in [-0.39, 0.29) is 11.4 Å². The number of rotatable bonds is 5. The molecule has 0 spiro atoms. The number of nitrogens with zero attached hydrogens (tertiary/aromatic N) is 2. The maximum Gasteiger partial charge on any atom is 0.223 e. The summed E-state index contributed by atoms with van der Waals surface area (Å²) in [4.78, 5) is 8.44. The molecule has 0 amide bonds. The summed E-state index contributed by atoms with van der Waals surface area (Å²) >= 11 is 6.03. The van der Waals surface area contributed by atoms with Crippen LogP contribution in [0.4, 0.5) is 0 Å². The first-order chi connectivity index (χ1) is 11.6.